The fourth-order valence-corrected chi connectivity index (χ4v) is 5.04. The molecule has 2 aliphatic rings. The molecule has 0 radical (unpaired) electrons. The van der Waals surface area contributed by atoms with E-state index in [1.807, 2.05) is 0 Å². The molecule has 3 aromatic rings. The first-order valence-corrected chi connectivity index (χ1v) is 11.3. The topological polar surface area (TPSA) is 163 Å². The summed E-state index contributed by atoms with van der Waals surface area (Å²) in [6, 6.07) is 6.12. The number of carbonyl (C=O) groups is 2. The van der Waals surface area contributed by atoms with Gasteiger partial charge in [-0.05, 0) is 18.6 Å². The molecule has 2 N–H and O–H groups in total. The summed E-state index contributed by atoms with van der Waals surface area (Å²) >= 11 is 0. The maximum absolute atomic E-state index is 13.6. The molecule has 0 bridgehead atoms. The number of benzene rings is 1. The summed E-state index contributed by atoms with van der Waals surface area (Å²) in [5.74, 6) is -1.46. The van der Waals surface area contributed by atoms with Crippen molar-refractivity contribution in [2.24, 2.45) is 0 Å². The van der Waals surface area contributed by atoms with Gasteiger partial charge in [-0.25, -0.2) is 9.78 Å². The van der Waals surface area contributed by atoms with E-state index in [1.165, 1.54) is 23.6 Å². The number of non-ortho nitro benzene ring substituents is 1. The van der Waals surface area contributed by atoms with E-state index < -0.39 is 28.0 Å². The Morgan fingerprint density at radius 3 is 2.81 bits per heavy atom. The van der Waals surface area contributed by atoms with Crippen LogP contribution < -0.4 is 10.9 Å². The van der Waals surface area contributed by atoms with Crippen LogP contribution in [0.25, 0.3) is 22.3 Å². The molecule has 0 aliphatic carbocycles. The smallest absolute Gasteiger partial charge is 0.355 e. The van der Waals surface area contributed by atoms with Gasteiger partial charge in [0.2, 0.25) is 5.60 Å². The lowest BCUT2D eigenvalue weighted by Gasteiger charge is -2.35. The molecular formula is C24H22N4O8. The minimum absolute atomic E-state index is 0.0504. The quantitative estimate of drug-likeness (QED) is 0.230. The van der Waals surface area contributed by atoms with Crippen LogP contribution in [0.2, 0.25) is 0 Å². The van der Waals surface area contributed by atoms with Gasteiger partial charge in [0.25, 0.3) is 11.2 Å². The van der Waals surface area contributed by atoms with E-state index in [1.54, 1.807) is 19.1 Å². The number of rotatable bonds is 6. The number of carbonyl (C=O) groups excluding carboxylic acids is 2. The van der Waals surface area contributed by atoms with Gasteiger partial charge in [0.1, 0.15) is 12.0 Å². The molecule has 0 saturated heterocycles. The highest BCUT2D eigenvalue weighted by molar-refractivity contribution is 6.03. The second-order valence-corrected chi connectivity index (χ2v) is 8.56. The number of aliphatic hydroxyl groups excluding tert-OH is 1. The van der Waals surface area contributed by atoms with Gasteiger partial charge in [0.05, 0.1) is 46.2 Å². The number of cyclic esters (lactones) is 1. The summed E-state index contributed by atoms with van der Waals surface area (Å²) in [5.41, 5.74) is 0.0883. The Balaban J connectivity index is 1.82. The largest absolute Gasteiger partial charge is 0.457 e. The zero-order valence-corrected chi connectivity index (χ0v) is 19.5. The number of esters is 2. The lowest BCUT2D eigenvalue weighted by Crippen LogP contribution is -2.47. The number of pyridine rings is 2. The van der Waals surface area contributed by atoms with Gasteiger partial charge in [0.15, 0.2) is 0 Å². The molecule has 36 heavy (non-hydrogen) atoms. The maximum Gasteiger partial charge on any atom is 0.355 e. The number of hydrogen-bond donors (Lipinski definition) is 2. The molecule has 186 valence electrons. The number of nitrogens with zero attached hydrogens (tertiary/aromatic N) is 3. The summed E-state index contributed by atoms with van der Waals surface area (Å²) in [4.78, 5) is 54.3. The minimum atomic E-state index is -1.77. The first kappa shape index (κ1) is 23.4. The van der Waals surface area contributed by atoms with E-state index in [-0.39, 0.29) is 54.9 Å². The molecule has 2 aliphatic heterocycles. The van der Waals surface area contributed by atoms with Gasteiger partial charge in [-0.1, -0.05) is 13.0 Å². The van der Waals surface area contributed by atoms with Crippen LogP contribution in [0.15, 0.2) is 29.1 Å². The standard InChI is InChI=1S/C24H22N4O8/c1-3-24(36-12(2)30)15-9-18-20-13(10-27(18)22(31)14(15)11-35-23(24)32)21(25-7-8-29)19-16(26-20)5-4-6-17(19)28(33)34/h4-6,9,29H,3,7-8,10-11H2,1-2H3,(H,25,26)/t24-/m0/s1. The van der Waals surface area contributed by atoms with E-state index in [4.69, 9.17) is 9.47 Å². The molecule has 0 amide bonds. The summed E-state index contributed by atoms with van der Waals surface area (Å²) in [7, 11) is 0. The molecule has 0 saturated carbocycles. The fraction of sp³-hybridized carbons (Fsp3) is 0.333. The molecule has 1 atom stereocenters. The molecular weight excluding hydrogens is 472 g/mol. The van der Waals surface area contributed by atoms with Crippen LogP contribution in [0.4, 0.5) is 11.4 Å². The number of aromatic nitrogens is 2. The average Bonchev–Trinajstić information content (AvgIpc) is 3.21. The fourth-order valence-electron chi connectivity index (χ4n) is 5.04. The van der Waals surface area contributed by atoms with Crippen molar-refractivity contribution in [3.8, 4) is 11.4 Å². The van der Waals surface area contributed by atoms with Gasteiger partial charge in [-0.3, -0.25) is 19.7 Å². The molecule has 12 heteroatoms. The number of anilines is 1. The summed E-state index contributed by atoms with van der Waals surface area (Å²) in [6.07, 6.45) is 0.0504. The average molecular weight is 494 g/mol. The monoisotopic (exact) mass is 494 g/mol. The van der Waals surface area contributed by atoms with Crippen LogP contribution in [0.5, 0.6) is 0 Å². The predicted molar refractivity (Wildman–Crippen MR) is 126 cm³/mol. The van der Waals surface area contributed by atoms with E-state index >= 15 is 0 Å². The van der Waals surface area contributed by atoms with E-state index in [2.05, 4.69) is 10.3 Å². The summed E-state index contributed by atoms with van der Waals surface area (Å²) < 4.78 is 12.2. The number of ether oxygens (including phenoxy) is 2. The van der Waals surface area contributed by atoms with Crippen molar-refractivity contribution in [1.82, 2.24) is 9.55 Å². The normalized spacial score (nSPS) is 17.7. The predicted octanol–water partition coefficient (Wildman–Crippen LogP) is 1.96. The molecule has 0 fully saturated rings. The highest BCUT2D eigenvalue weighted by atomic mass is 16.6. The Morgan fingerprint density at radius 1 is 1.36 bits per heavy atom. The van der Waals surface area contributed by atoms with Crippen molar-refractivity contribution in [1.29, 1.82) is 0 Å². The number of nitrogens with one attached hydrogen (secondary N) is 1. The third-order valence-corrected chi connectivity index (χ3v) is 6.59. The Kier molecular flexibility index (Phi) is 5.47. The van der Waals surface area contributed by atoms with Gasteiger partial charge >= 0.3 is 11.9 Å². The van der Waals surface area contributed by atoms with Crippen molar-refractivity contribution in [2.75, 3.05) is 18.5 Å². The third kappa shape index (κ3) is 3.25. The van der Waals surface area contributed by atoms with E-state index in [9.17, 15) is 29.6 Å². The molecule has 5 rings (SSSR count). The zero-order valence-electron chi connectivity index (χ0n) is 19.5. The highest BCUT2D eigenvalue weighted by Crippen LogP contribution is 2.44. The second-order valence-electron chi connectivity index (χ2n) is 8.56. The number of nitro groups is 1. The Hall–Kier alpha value is -4.32. The maximum atomic E-state index is 13.6. The molecule has 1 aromatic carbocycles. The number of fused-ring (bicyclic) bond motifs is 5. The first-order chi connectivity index (χ1) is 17.2. The van der Waals surface area contributed by atoms with E-state index in [0.717, 1.165) is 0 Å². The summed E-state index contributed by atoms with van der Waals surface area (Å²) in [5, 5.41) is 24.5. The van der Waals surface area contributed by atoms with Gasteiger partial charge < -0.3 is 24.5 Å². The van der Waals surface area contributed by atoms with Crippen LogP contribution in [0, 0.1) is 10.1 Å². The van der Waals surface area contributed by atoms with Crippen molar-refractivity contribution in [2.45, 2.75) is 39.0 Å². The highest BCUT2D eigenvalue weighted by Gasteiger charge is 2.50. The van der Waals surface area contributed by atoms with Crippen molar-refractivity contribution < 1.29 is 29.1 Å². The van der Waals surface area contributed by atoms with Gasteiger partial charge in [-0.2, -0.15) is 0 Å². The van der Waals surface area contributed by atoms with E-state index in [0.29, 0.717) is 28.2 Å². The molecule has 0 spiro atoms. The van der Waals surface area contributed by atoms with Crippen LogP contribution in [-0.2, 0) is 37.8 Å². The van der Waals surface area contributed by atoms with Gasteiger partial charge in [-0.15, -0.1) is 0 Å². The van der Waals surface area contributed by atoms with Gasteiger partial charge in [0, 0.05) is 30.7 Å². The lowest BCUT2D eigenvalue weighted by molar-refractivity contribution is -0.383. The van der Waals surface area contributed by atoms with Crippen LogP contribution in [0.1, 0.15) is 37.0 Å². The Labute approximate surface area is 203 Å². The van der Waals surface area contributed by atoms with Crippen LogP contribution in [-0.4, -0.2) is 44.7 Å². The Morgan fingerprint density at radius 2 is 2.14 bits per heavy atom. The van der Waals surface area contributed by atoms with Crippen molar-refractivity contribution >= 4 is 34.2 Å². The lowest BCUT2D eigenvalue weighted by atomic mass is 9.85. The first-order valence-electron chi connectivity index (χ1n) is 11.3. The third-order valence-electron chi connectivity index (χ3n) is 6.59. The SMILES string of the molecule is CC[C@@]1(OC(C)=O)C(=O)OCc2c1cc1n(c2=O)Cc2c-1nc1cccc([N+](=O)[O-])c1c2NCCO. The number of aliphatic hydroxyl groups is 1. The summed E-state index contributed by atoms with van der Waals surface area (Å²) in [6.45, 7) is 2.51. The molecule has 12 nitrogen and oxygen atoms in total. The van der Waals surface area contributed by atoms with Crippen LogP contribution in [0.3, 0.4) is 0 Å². The second kappa shape index (κ2) is 8.41. The minimum Gasteiger partial charge on any atom is -0.457 e. The van der Waals surface area contributed by atoms with Crippen molar-refractivity contribution in [3.05, 3.63) is 61.4 Å². The molecule has 0 unspecified atom stereocenters. The Bertz CT molecular complexity index is 1530. The number of hydrogen-bond acceptors (Lipinski definition) is 10. The molecule has 2 aromatic heterocycles. The molecule has 4 heterocycles. The van der Waals surface area contributed by atoms with Crippen LogP contribution >= 0.6 is 0 Å². The van der Waals surface area contributed by atoms with Crippen molar-refractivity contribution in [3.63, 3.8) is 0 Å². The number of nitro benzene ring substituents is 1. The zero-order chi connectivity index (χ0) is 25.8.